The molecular formula is C14H30N2O4. The van der Waals surface area contributed by atoms with E-state index in [0.29, 0.717) is 12.5 Å². The van der Waals surface area contributed by atoms with Gasteiger partial charge in [0, 0.05) is 26.8 Å². The fourth-order valence-corrected chi connectivity index (χ4v) is 1.70. The zero-order chi connectivity index (χ0) is 15.4. The molecule has 0 aromatic rings. The van der Waals surface area contributed by atoms with Crippen LogP contribution in [0.3, 0.4) is 0 Å². The average Bonchev–Trinajstić information content (AvgIpc) is 2.40. The molecule has 20 heavy (non-hydrogen) atoms. The highest BCUT2D eigenvalue weighted by Crippen LogP contribution is 2.03. The van der Waals surface area contributed by atoms with E-state index in [4.69, 9.17) is 9.47 Å². The molecule has 0 bridgehead atoms. The van der Waals surface area contributed by atoms with Gasteiger partial charge in [-0.25, -0.2) is 0 Å². The molecule has 2 N–H and O–H groups in total. The Labute approximate surface area is 122 Å². The van der Waals surface area contributed by atoms with E-state index in [1.807, 2.05) is 20.8 Å². The van der Waals surface area contributed by atoms with Crippen LogP contribution in [0.25, 0.3) is 0 Å². The van der Waals surface area contributed by atoms with E-state index in [2.05, 4.69) is 15.4 Å². The zero-order valence-corrected chi connectivity index (χ0v) is 13.4. The summed E-state index contributed by atoms with van der Waals surface area (Å²) >= 11 is 0. The van der Waals surface area contributed by atoms with Crippen LogP contribution in [0.15, 0.2) is 0 Å². The van der Waals surface area contributed by atoms with Crippen molar-refractivity contribution < 1.29 is 19.0 Å². The summed E-state index contributed by atoms with van der Waals surface area (Å²) in [5.41, 5.74) is -0.318. The van der Waals surface area contributed by atoms with Gasteiger partial charge in [-0.05, 0) is 46.7 Å². The molecule has 1 saturated heterocycles. The predicted octanol–water partition coefficient (Wildman–Crippen LogP) is 0.905. The molecule has 1 aliphatic heterocycles. The smallest absolute Gasteiger partial charge is 0.293 e. The maximum Gasteiger partial charge on any atom is 0.293 e. The number of rotatable bonds is 6. The first-order valence-electron chi connectivity index (χ1n) is 7.04. The highest BCUT2D eigenvalue weighted by molar-refractivity contribution is 5.37. The molecule has 6 heteroatoms. The lowest BCUT2D eigenvalue weighted by Crippen LogP contribution is -2.43. The van der Waals surface area contributed by atoms with Crippen LogP contribution in [0.5, 0.6) is 0 Å². The van der Waals surface area contributed by atoms with Gasteiger partial charge in [-0.2, -0.15) is 0 Å². The summed E-state index contributed by atoms with van der Waals surface area (Å²) in [6.45, 7) is 8.92. The van der Waals surface area contributed by atoms with Crippen molar-refractivity contribution in [2.45, 2.75) is 51.5 Å². The Bertz CT molecular complexity index is 234. The number of carbonyl (C=O) groups excluding carboxylic acids is 1. The van der Waals surface area contributed by atoms with Crippen molar-refractivity contribution in [3.63, 3.8) is 0 Å². The fourth-order valence-electron chi connectivity index (χ4n) is 1.70. The summed E-state index contributed by atoms with van der Waals surface area (Å²) in [6.07, 6.45) is 2.27. The number of carbonyl (C=O) groups is 1. The monoisotopic (exact) mass is 290 g/mol. The summed E-state index contributed by atoms with van der Waals surface area (Å²) in [6, 6.07) is 0.619. The standard InChI is InChI=1S/C9H20N2O2.C5H10O2/c1-12-9(13-2)7-11-8-3-5-10-6-4-8;1-5(2,3)7-4-6/h8-11H,3-7H2,1-2H3;4H,1-3H3. The first-order chi connectivity index (χ1) is 9.42. The highest BCUT2D eigenvalue weighted by atomic mass is 16.7. The van der Waals surface area contributed by atoms with Gasteiger partial charge in [-0.1, -0.05) is 0 Å². The Morgan fingerprint density at radius 2 is 1.80 bits per heavy atom. The van der Waals surface area contributed by atoms with E-state index >= 15 is 0 Å². The van der Waals surface area contributed by atoms with Crippen molar-refractivity contribution in [2.75, 3.05) is 33.9 Å². The van der Waals surface area contributed by atoms with Gasteiger partial charge in [0.05, 0.1) is 0 Å². The molecule has 0 radical (unpaired) electrons. The van der Waals surface area contributed by atoms with Crippen LogP contribution in [0.2, 0.25) is 0 Å². The van der Waals surface area contributed by atoms with Gasteiger partial charge in [-0.3, -0.25) is 4.79 Å². The number of methoxy groups -OCH3 is 2. The third kappa shape index (κ3) is 11.2. The van der Waals surface area contributed by atoms with Gasteiger partial charge in [-0.15, -0.1) is 0 Å². The predicted molar refractivity (Wildman–Crippen MR) is 78.6 cm³/mol. The molecule has 0 spiro atoms. The van der Waals surface area contributed by atoms with Gasteiger partial charge in [0.1, 0.15) is 5.60 Å². The summed E-state index contributed by atoms with van der Waals surface area (Å²) in [7, 11) is 3.33. The largest absolute Gasteiger partial charge is 0.462 e. The lowest BCUT2D eigenvalue weighted by atomic mass is 10.1. The van der Waals surface area contributed by atoms with Crippen molar-refractivity contribution >= 4 is 6.47 Å². The minimum absolute atomic E-state index is 0.116. The molecule has 0 saturated carbocycles. The Hall–Kier alpha value is -0.690. The number of piperidine rings is 1. The second kappa shape index (κ2) is 11.0. The van der Waals surface area contributed by atoms with Crippen LogP contribution in [0, 0.1) is 0 Å². The Balaban J connectivity index is 0.000000441. The quantitative estimate of drug-likeness (QED) is 0.560. The maximum absolute atomic E-state index is 9.60. The van der Waals surface area contributed by atoms with Crippen molar-refractivity contribution in [1.82, 2.24) is 10.6 Å². The van der Waals surface area contributed by atoms with Gasteiger partial charge in [0.15, 0.2) is 6.29 Å². The molecule has 0 aliphatic carbocycles. The van der Waals surface area contributed by atoms with Gasteiger partial charge < -0.3 is 24.8 Å². The Morgan fingerprint density at radius 1 is 1.25 bits per heavy atom. The minimum atomic E-state index is -0.318. The minimum Gasteiger partial charge on any atom is -0.462 e. The lowest BCUT2D eigenvalue weighted by molar-refractivity contribution is -0.138. The molecule has 0 amide bonds. The summed E-state index contributed by atoms with van der Waals surface area (Å²) < 4.78 is 14.7. The molecule has 0 atom stereocenters. The summed E-state index contributed by atoms with van der Waals surface area (Å²) in [5.74, 6) is 0. The topological polar surface area (TPSA) is 68.8 Å². The highest BCUT2D eigenvalue weighted by Gasteiger charge is 2.14. The van der Waals surface area contributed by atoms with Gasteiger partial charge in [0.2, 0.25) is 0 Å². The summed E-state index contributed by atoms with van der Waals surface area (Å²) in [5, 5.41) is 6.76. The van der Waals surface area contributed by atoms with Crippen LogP contribution >= 0.6 is 0 Å². The van der Waals surface area contributed by atoms with Gasteiger partial charge in [0.25, 0.3) is 6.47 Å². The first kappa shape index (κ1) is 19.3. The number of nitrogens with one attached hydrogen (secondary N) is 2. The fraction of sp³-hybridized carbons (Fsp3) is 0.929. The second-order valence-electron chi connectivity index (χ2n) is 5.66. The molecule has 1 rings (SSSR count). The molecule has 1 heterocycles. The van der Waals surface area contributed by atoms with E-state index in [0.717, 1.165) is 19.6 Å². The van der Waals surface area contributed by atoms with Crippen LogP contribution in [-0.4, -0.2) is 58.3 Å². The SMILES string of the molecule is CC(C)(C)OC=O.COC(CNC1CCNCC1)OC. The lowest BCUT2D eigenvalue weighted by Gasteiger charge is -2.25. The van der Waals surface area contributed by atoms with E-state index in [-0.39, 0.29) is 11.9 Å². The molecular weight excluding hydrogens is 260 g/mol. The average molecular weight is 290 g/mol. The van der Waals surface area contributed by atoms with Crippen LogP contribution in [0.4, 0.5) is 0 Å². The van der Waals surface area contributed by atoms with Crippen molar-refractivity contribution in [2.24, 2.45) is 0 Å². The molecule has 0 aromatic carbocycles. The molecule has 6 nitrogen and oxygen atoms in total. The van der Waals surface area contributed by atoms with E-state index in [1.54, 1.807) is 14.2 Å². The Kier molecular flexibility index (Phi) is 10.6. The van der Waals surface area contributed by atoms with E-state index in [9.17, 15) is 4.79 Å². The van der Waals surface area contributed by atoms with Crippen molar-refractivity contribution in [3.05, 3.63) is 0 Å². The van der Waals surface area contributed by atoms with Gasteiger partial charge >= 0.3 is 0 Å². The van der Waals surface area contributed by atoms with Crippen LogP contribution in [0.1, 0.15) is 33.6 Å². The summed E-state index contributed by atoms with van der Waals surface area (Å²) in [4.78, 5) is 9.60. The Morgan fingerprint density at radius 3 is 2.15 bits per heavy atom. The number of hydrogen-bond donors (Lipinski definition) is 2. The third-order valence-corrected chi connectivity index (χ3v) is 2.84. The molecule has 0 unspecified atom stereocenters. The number of ether oxygens (including phenoxy) is 3. The maximum atomic E-state index is 9.60. The molecule has 0 aromatic heterocycles. The van der Waals surface area contributed by atoms with Crippen LogP contribution in [-0.2, 0) is 19.0 Å². The van der Waals surface area contributed by atoms with Crippen LogP contribution < -0.4 is 10.6 Å². The zero-order valence-electron chi connectivity index (χ0n) is 13.4. The molecule has 120 valence electrons. The third-order valence-electron chi connectivity index (χ3n) is 2.84. The van der Waals surface area contributed by atoms with Crippen molar-refractivity contribution in [3.8, 4) is 0 Å². The molecule has 1 aliphatic rings. The normalized spacial score (nSPS) is 16.5. The van der Waals surface area contributed by atoms with Crippen molar-refractivity contribution in [1.29, 1.82) is 0 Å². The second-order valence-corrected chi connectivity index (χ2v) is 5.66. The number of hydrogen-bond acceptors (Lipinski definition) is 6. The van der Waals surface area contributed by atoms with E-state index < -0.39 is 0 Å². The molecule has 1 fully saturated rings. The first-order valence-corrected chi connectivity index (χ1v) is 7.04. The van der Waals surface area contributed by atoms with E-state index in [1.165, 1.54) is 12.8 Å².